The van der Waals surface area contributed by atoms with E-state index in [2.05, 4.69) is 10.3 Å². The first-order valence-corrected chi connectivity index (χ1v) is 10.8. The number of H-pyrrole nitrogens is 1. The minimum Gasteiger partial charge on any atom is -0.322 e. The Morgan fingerprint density at radius 2 is 1.76 bits per heavy atom. The molecule has 0 saturated heterocycles. The van der Waals surface area contributed by atoms with Crippen molar-refractivity contribution in [3.05, 3.63) is 70.0 Å². The minimum atomic E-state index is -3.66. The highest BCUT2D eigenvalue weighted by atomic mass is 32.2. The van der Waals surface area contributed by atoms with Crippen LogP contribution in [0.1, 0.15) is 29.8 Å². The van der Waals surface area contributed by atoms with Gasteiger partial charge in [-0.15, -0.1) is 0 Å². The van der Waals surface area contributed by atoms with E-state index in [0.717, 1.165) is 0 Å². The van der Waals surface area contributed by atoms with E-state index in [-0.39, 0.29) is 16.0 Å². The zero-order valence-corrected chi connectivity index (χ0v) is 17.3. The maximum absolute atomic E-state index is 12.9. The number of aryl methyl sites for hydroxylation is 1. The summed E-state index contributed by atoms with van der Waals surface area (Å²) in [5.74, 6) is -0.479. The van der Waals surface area contributed by atoms with E-state index in [0.29, 0.717) is 35.2 Å². The summed E-state index contributed by atoms with van der Waals surface area (Å²) >= 11 is 0. The Hall–Kier alpha value is -2.97. The van der Waals surface area contributed by atoms with Gasteiger partial charge in [0, 0.05) is 35.7 Å². The number of aromatic amines is 1. The minimum absolute atomic E-state index is 0.109. The van der Waals surface area contributed by atoms with E-state index < -0.39 is 15.9 Å². The van der Waals surface area contributed by atoms with Gasteiger partial charge in [0.15, 0.2) is 0 Å². The van der Waals surface area contributed by atoms with Crippen LogP contribution >= 0.6 is 0 Å². The molecule has 1 amide bonds. The van der Waals surface area contributed by atoms with Crippen LogP contribution in [0.5, 0.6) is 0 Å². The second-order valence-electron chi connectivity index (χ2n) is 6.61. The summed E-state index contributed by atoms with van der Waals surface area (Å²) in [6.45, 7) is 6.03. The topological polar surface area (TPSA) is 99.3 Å². The van der Waals surface area contributed by atoms with Gasteiger partial charge in [0.25, 0.3) is 5.91 Å². The molecule has 2 N–H and O–H groups in total. The molecule has 8 heteroatoms. The molecule has 7 nitrogen and oxygen atoms in total. The zero-order chi connectivity index (χ0) is 21.2. The molecule has 29 heavy (non-hydrogen) atoms. The monoisotopic (exact) mass is 413 g/mol. The molecule has 0 bridgehead atoms. The van der Waals surface area contributed by atoms with Crippen molar-refractivity contribution in [2.45, 2.75) is 25.7 Å². The predicted octanol–water partition coefficient (Wildman–Crippen LogP) is 3.12. The molecule has 1 heterocycles. The Labute approximate surface area is 169 Å². The summed E-state index contributed by atoms with van der Waals surface area (Å²) in [5, 5.41) is 3.36. The van der Waals surface area contributed by atoms with Crippen molar-refractivity contribution in [2.75, 3.05) is 18.4 Å². The number of pyridine rings is 1. The number of hydrogen-bond donors (Lipinski definition) is 2. The van der Waals surface area contributed by atoms with Gasteiger partial charge in [0.2, 0.25) is 15.6 Å². The Morgan fingerprint density at radius 1 is 1.07 bits per heavy atom. The standard InChI is InChI=1S/C21H23N3O4S/c1-4-24(5-2)29(27,28)15-11-10-14(3)19(12-15)23-21(26)17-13-20(25)22-18-9-7-6-8-16(17)18/h6-13H,4-5H2,1-3H3,(H,22,25)(H,23,26). The summed E-state index contributed by atoms with van der Waals surface area (Å²) in [5.41, 5.74) is 1.49. The van der Waals surface area contributed by atoms with Crippen LogP contribution in [0, 0.1) is 6.92 Å². The molecule has 0 aliphatic rings. The van der Waals surface area contributed by atoms with Crippen LogP contribution in [0.3, 0.4) is 0 Å². The van der Waals surface area contributed by atoms with Crippen LogP contribution in [0.15, 0.2) is 58.2 Å². The van der Waals surface area contributed by atoms with Crippen molar-refractivity contribution in [3.8, 4) is 0 Å². The number of carbonyl (C=O) groups excluding carboxylic acids is 1. The number of benzene rings is 2. The molecule has 0 saturated carbocycles. The van der Waals surface area contributed by atoms with Gasteiger partial charge >= 0.3 is 0 Å². The van der Waals surface area contributed by atoms with Crippen LogP contribution < -0.4 is 10.9 Å². The SMILES string of the molecule is CCN(CC)S(=O)(=O)c1ccc(C)c(NC(=O)c2cc(=O)[nH]c3ccccc23)c1. The summed E-state index contributed by atoms with van der Waals surface area (Å²) in [4.78, 5) is 27.7. The lowest BCUT2D eigenvalue weighted by atomic mass is 10.1. The number of anilines is 1. The molecule has 3 aromatic rings. The van der Waals surface area contributed by atoms with Crippen molar-refractivity contribution in [2.24, 2.45) is 0 Å². The number of nitrogens with one attached hydrogen (secondary N) is 2. The summed E-state index contributed by atoms with van der Waals surface area (Å²) in [7, 11) is -3.66. The number of hydrogen-bond acceptors (Lipinski definition) is 4. The third-order valence-electron chi connectivity index (χ3n) is 4.80. The number of amides is 1. The van der Waals surface area contributed by atoms with E-state index in [1.165, 1.54) is 22.5 Å². The third kappa shape index (κ3) is 4.08. The van der Waals surface area contributed by atoms with Gasteiger partial charge in [-0.2, -0.15) is 4.31 Å². The fraction of sp³-hybridized carbons (Fsp3) is 0.238. The van der Waals surface area contributed by atoms with Crippen LogP contribution in [0.2, 0.25) is 0 Å². The third-order valence-corrected chi connectivity index (χ3v) is 6.84. The van der Waals surface area contributed by atoms with E-state index in [9.17, 15) is 18.0 Å². The molecular weight excluding hydrogens is 390 g/mol. The van der Waals surface area contributed by atoms with Crippen LogP contribution in [-0.4, -0.2) is 36.7 Å². The number of aromatic nitrogens is 1. The Kier molecular flexibility index (Phi) is 5.86. The quantitative estimate of drug-likeness (QED) is 0.648. The van der Waals surface area contributed by atoms with Crippen molar-refractivity contribution in [3.63, 3.8) is 0 Å². The lowest BCUT2D eigenvalue weighted by Gasteiger charge is -2.19. The van der Waals surface area contributed by atoms with Gasteiger partial charge in [-0.3, -0.25) is 9.59 Å². The maximum atomic E-state index is 12.9. The molecule has 0 aliphatic heterocycles. The maximum Gasteiger partial charge on any atom is 0.256 e. The molecule has 0 atom stereocenters. The van der Waals surface area contributed by atoms with E-state index >= 15 is 0 Å². The van der Waals surface area contributed by atoms with Gasteiger partial charge in [0.05, 0.1) is 10.5 Å². The van der Waals surface area contributed by atoms with Crippen LogP contribution in [0.25, 0.3) is 10.9 Å². The fourth-order valence-corrected chi connectivity index (χ4v) is 4.68. The lowest BCUT2D eigenvalue weighted by molar-refractivity contribution is 0.102. The number of sulfonamides is 1. The van der Waals surface area contributed by atoms with Gasteiger partial charge < -0.3 is 10.3 Å². The number of nitrogens with zero attached hydrogens (tertiary/aromatic N) is 1. The van der Waals surface area contributed by atoms with Crippen LogP contribution in [0.4, 0.5) is 5.69 Å². The average molecular weight is 413 g/mol. The second kappa shape index (κ2) is 8.18. The Bertz CT molecular complexity index is 1230. The van der Waals surface area contributed by atoms with Crippen molar-refractivity contribution in [1.82, 2.24) is 9.29 Å². The van der Waals surface area contributed by atoms with Crippen molar-refractivity contribution >= 4 is 32.5 Å². The van der Waals surface area contributed by atoms with E-state index in [1.807, 2.05) is 0 Å². The number of rotatable bonds is 6. The molecule has 2 aromatic carbocycles. The van der Waals surface area contributed by atoms with E-state index in [1.54, 1.807) is 51.1 Å². The van der Waals surface area contributed by atoms with Gasteiger partial charge in [0.1, 0.15) is 0 Å². The largest absolute Gasteiger partial charge is 0.322 e. The first kappa shape index (κ1) is 20.8. The highest BCUT2D eigenvalue weighted by Gasteiger charge is 2.23. The predicted molar refractivity (Wildman–Crippen MR) is 114 cm³/mol. The van der Waals surface area contributed by atoms with Crippen molar-refractivity contribution in [1.29, 1.82) is 0 Å². The molecule has 0 unspecified atom stereocenters. The first-order chi connectivity index (χ1) is 13.8. The molecule has 0 spiro atoms. The molecular formula is C21H23N3O4S. The smallest absolute Gasteiger partial charge is 0.256 e. The fourth-order valence-electron chi connectivity index (χ4n) is 3.19. The Balaban J connectivity index is 2.01. The van der Waals surface area contributed by atoms with Crippen molar-refractivity contribution < 1.29 is 13.2 Å². The molecule has 0 aliphatic carbocycles. The van der Waals surface area contributed by atoms with Gasteiger partial charge in [-0.25, -0.2) is 8.42 Å². The number of fused-ring (bicyclic) bond motifs is 1. The summed E-state index contributed by atoms with van der Waals surface area (Å²) in [6.07, 6.45) is 0. The second-order valence-corrected chi connectivity index (χ2v) is 8.55. The molecule has 0 fully saturated rings. The number of carbonyl (C=O) groups is 1. The highest BCUT2D eigenvalue weighted by molar-refractivity contribution is 7.89. The number of para-hydroxylation sites is 1. The molecule has 3 rings (SSSR count). The van der Waals surface area contributed by atoms with Gasteiger partial charge in [-0.1, -0.05) is 38.1 Å². The normalized spacial score (nSPS) is 11.7. The molecule has 152 valence electrons. The summed E-state index contributed by atoms with van der Waals surface area (Å²) < 4.78 is 27.0. The van der Waals surface area contributed by atoms with E-state index in [4.69, 9.17) is 0 Å². The van der Waals surface area contributed by atoms with Crippen LogP contribution in [-0.2, 0) is 10.0 Å². The van der Waals surface area contributed by atoms with Gasteiger partial charge in [-0.05, 0) is 30.7 Å². The molecule has 1 aromatic heterocycles. The highest BCUT2D eigenvalue weighted by Crippen LogP contribution is 2.24. The molecule has 0 radical (unpaired) electrons. The first-order valence-electron chi connectivity index (χ1n) is 9.32. The average Bonchev–Trinajstić information content (AvgIpc) is 2.69. The summed E-state index contributed by atoms with van der Waals surface area (Å²) in [6, 6.07) is 12.9. The zero-order valence-electron chi connectivity index (χ0n) is 16.5. The Morgan fingerprint density at radius 3 is 2.45 bits per heavy atom. The lowest BCUT2D eigenvalue weighted by Crippen LogP contribution is -2.30.